The van der Waals surface area contributed by atoms with Gasteiger partial charge < -0.3 is 10.4 Å². The van der Waals surface area contributed by atoms with Crippen LogP contribution in [0.5, 0.6) is 5.75 Å². The predicted octanol–water partition coefficient (Wildman–Crippen LogP) is 5.83. The molecule has 0 spiro atoms. The molecule has 0 fully saturated rings. The van der Waals surface area contributed by atoms with Gasteiger partial charge in [-0.2, -0.15) is 0 Å². The lowest BCUT2D eigenvalue weighted by Gasteiger charge is -2.23. The number of amides is 1. The molecule has 0 aliphatic heterocycles. The van der Waals surface area contributed by atoms with Gasteiger partial charge in [0.2, 0.25) is 0 Å². The van der Waals surface area contributed by atoms with E-state index in [1.807, 2.05) is 78.9 Å². The van der Waals surface area contributed by atoms with E-state index in [0.717, 1.165) is 20.8 Å². The van der Waals surface area contributed by atoms with E-state index in [0.29, 0.717) is 11.1 Å². The van der Waals surface area contributed by atoms with E-state index in [4.69, 9.17) is 0 Å². The van der Waals surface area contributed by atoms with Crippen LogP contribution in [-0.4, -0.2) is 11.0 Å². The molecule has 2 N–H and O–H groups in total. The van der Waals surface area contributed by atoms with Gasteiger partial charge >= 0.3 is 0 Å². The molecule has 138 valence electrons. The normalized spacial score (nSPS) is 11.9. The minimum absolute atomic E-state index is 0.153. The Hall–Kier alpha value is -3.11. The minimum atomic E-state index is -0.494. The SMILES string of the molecule is O=C(NC(c1ccccc1)c1c(O)ccc2ccccc12)c1ccccc1Br. The quantitative estimate of drug-likeness (QED) is 0.427. The summed E-state index contributed by atoms with van der Waals surface area (Å²) in [7, 11) is 0. The van der Waals surface area contributed by atoms with Crippen molar-refractivity contribution < 1.29 is 9.90 Å². The first kappa shape index (κ1) is 18.3. The number of phenolic OH excluding ortho intramolecular Hbond substituents is 1. The fourth-order valence-corrected chi connectivity index (χ4v) is 3.87. The maximum absolute atomic E-state index is 13.0. The lowest BCUT2D eigenvalue weighted by molar-refractivity contribution is 0.0942. The molecule has 3 nitrogen and oxygen atoms in total. The number of hydrogen-bond donors (Lipinski definition) is 2. The first-order valence-electron chi connectivity index (χ1n) is 8.96. The van der Waals surface area contributed by atoms with E-state index in [2.05, 4.69) is 21.2 Å². The number of fused-ring (bicyclic) bond motifs is 1. The van der Waals surface area contributed by atoms with Gasteiger partial charge in [0.1, 0.15) is 5.75 Å². The van der Waals surface area contributed by atoms with E-state index in [9.17, 15) is 9.90 Å². The van der Waals surface area contributed by atoms with Gasteiger partial charge in [-0.3, -0.25) is 4.79 Å². The van der Waals surface area contributed by atoms with Gasteiger partial charge in [0.15, 0.2) is 0 Å². The molecule has 0 aliphatic carbocycles. The number of aromatic hydroxyl groups is 1. The molecular weight excluding hydrogens is 414 g/mol. The first-order valence-corrected chi connectivity index (χ1v) is 9.75. The van der Waals surface area contributed by atoms with Gasteiger partial charge in [-0.25, -0.2) is 0 Å². The standard InChI is InChI=1S/C24H18BrNO2/c25-20-13-7-6-12-19(20)24(28)26-23(17-9-2-1-3-10-17)22-18-11-5-4-8-16(18)14-15-21(22)27/h1-15,23,27H,(H,26,28). The molecule has 0 aromatic heterocycles. The molecule has 1 unspecified atom stereocenters. The molecule has 0 aliphatic rings. The maximum atomic E-state index is 13.0. The molecule has 0 bridgehead atoms. The smallest absolute Gasteiger partial charge is 0.253 e. The van der Waals surface area contributed by atoms with Crippen molar-refractivity contribution in [2.75, 3.05) is 0 Å². The van der Waals surface area contributed by atoms with Gasteiger partial charge in [-0.05, 0) is 50.5 Å². The number of phenols is 1. The third-order valence-electron chi connectivity index (χ3n) is 4.76. The van der Waals surface area contributed by atoms with Crippen molar-refractivity contribution in [2.45, 2.75) is 6.04 Å². The zero-order valence-electron chi connectivity index (χ0n) is 15.0. The molecule has 4 aromatic carbocycles. The van der Waals surface area contributed by atoms with Gasteiger partial charge in [0.25, 0.3) is 5.91 Å². The number of carbonyl (C=O) groups excluding carboxylic acids is 1. The van der Waals surface area contributed by atoms with Crippen LogP contribution in [-0.2, 0) is 0 Å². The van der Waals surface area contributed by atoms with E-state index in [1.165, 1.54) is 0 Å². The summed E-state index contributed by atoms with van der Waals surface area (Å²) in [4.78, 5) is 13.0. The second kappa shape index (κ2) is 7.87. The van der Waals surface area contributed by atoms with Crippen molar-refractivity contribution in [1.29, 1.82) is 0 Å². The molecule has 4 heteroatoms. The summed E-state index contributed by atoms with van der Waals surface area (Å²) in [5.74, 6) is -0.0614. The summed E-state index contributed by atoms with van der Waals surface area (Å²) in [5, 5.41) is 15.7. The van der Waals surface area contributed by atoms with Crippen LogP contribution in [0.25, 0.3) is 10.8 Å². The molecule has 1 atom stereocenters. The second-order valence-corrected chi connectivity index (χ2v) is 7.37. The average molecular weight is 432 g/mol. The molecule has 4 rings (SSSR count). The van der Waals surface area contributed by atoms with E-state index < -0.39 is 6.04 Å². The Morgan fingerprint density at radius 1 is 0.821 bits per heavy atom. The highest BCUT2D eigenvalue weighted by molar-refractivity contribution is 9.10. The van der Waals surface area contributed by atoms with Crippen molar-refractivity contribution in [3.05, 3.63) is 112 Å². The van der Waals surface area contributed by atoms with Gasteiger partial charge in [-0.15, -0.1) is 0 Å². The van der Waals surface area contributed by atoms with Crippen molar-refractivity contribution >= 4 is 32.6 Å². The summed E-state index contributed by atoms with van der Waals surface area (Å²) in [5.41, 5.74) is 2.13. The van der Waals surface area contributed by atoms with Crippen molar-refractivity contribution in [1.82, 2.24) is 5.32 Å². The predicted molar refractivity (Wildman–Crippen MR) is 116 cm³/mol. The maximum Gasteiger partial charge on any atom is 0.253 e. The van der Waals surface area contributed by atoms with Gasteiger partial charge in [0.05, 0.1) is 11.6 Å². The Labute approximate surface area is 171 Å². The lowest BCUT2D eigenvalue weighted by atomic mass is 9.92. The summed E-state index contributed by atoms with van der Waals surface area (Å²) in [6.45, 7) is 0. The Balaban J connectivity index is 1.86. The average Bonchev–Trinajstić information content (AvgIpc) is 2.73. The van der Waals surface area contributed by atoms with E-state index in [-0.39, 0.29) is 11.7 Å². The first-order chi connectivity index (χ1) is 13.6. The summed E-state index contributed by atoms with van der Waals surface area (Å²) >= 11 is 3.44. The molecule has 0 heterocycles. The number of halogens is 1. The van der Waals surface area contributed by atoms with Crippen LogP contribution >= 0.6 is 15.9 Å². The van der Waals surface area contributed by atoms with E-state index in [1.54, 1.807) is 12.1 Å². The van der Waals surface area contributed by atoms with Crippen LogP contribution in [0.4, 0.5) is 0 Å². The monoisotopic (exact) mass is 431 g/mol. The van der Waals surface area contributed by atoms with Crippen LogP contribution in [0, 0.1) is 0 Å². The van der Waals surface area contributed by atoms with Crippen molar-refractivity contribution in [2.24, 2.45) is 0 Å². The number of benzene rings is 4. The molecule has 0 radical (unpaired) electrons. The van der Waals surface area contributed by atoms with Crippen LogP contribution in [0.1, 0.15) is 27.5 Å². The summed E-state index contributed by atoms with van der Waals surface area (Å²) in [6.07, 6.45) is 0. The fourth-order valence-electron chi connectivity index (χ4n) is 3.41. The summed E-state index contributed by atoms with van der Waals surface area (Å²) in [6, 6.07) is 27.9. The lowest BCUT2D eigenvalue weighted by Crippen LogP contribution is -2.29. The Morgan fingerprint density at radius 2 is 1.50 bits per heavy atom. The van der Waals surface area contributed by atoms with E-state index >= 15 is 0 Å². The Morgan fingerprint density at radius 3 is 2.29 bits per heavy atom. The molecule has 0 saturated carbocycles. The van der Waals surface area contributed by atoms with Crippen LogP contribution in [0.2, 0.25) is 0 Å². The third-order valence-corrected chi connectivity index (χ3v) is 5.45. The number of hydrogen-bond acceptors (Lipinski definition) is 2. The number of carbonyl (C=O) groups is 1. The number of rotatable bonds is 4. The van der Waals surface area contributed by atoms with Gasteiger partial charge in [0, 0.05) is 10.0 Å². The largest absolute Gasteiger partial charge is 0.508 e. The number of nitrogens with one attached hydrogen (secondary N) is 1. The highest BCUT2D eigenvalue weighted by atomic mass is 79.9. The van der Waals surface area contributed by atoms with Crippen molar-refractivity contribution in [3.63, 3.8) is 0 Å². The van der Waals surface area contributed by atoms with Crippen LogP contribution in [0.3, 0.4) is 0 Å². The highest BCUT2D eigenvalue weighted by Gasteiger charge is 2.23. The molecular formula is C24H18BrNO2. The second-order valence-electron chi connectivity index (χ2n) is 6.52. The molecule has 28 heavy (non-hydrogen) atoms. The topological polar surface area (TPSA) is 49.3 Å². The van der Waals surface area contributed by atoms with Crippen LogP contribution < -0.4 is 5.32 Å². The third kappa shape index (κ3) is 3.51. The summed E-state index contributed by atoms with van der Waals surface area (Å²) < 4.78 is 0.724. The minimum Gasteiger partial charge on any atom is -0.508 e. The molecule has 1 amide bonds. The zero-order valence-corrected chi connectivity index (χ0v) is 16.6. The fraction of sp³-hybridized carbons (Fsp3) is 0.0417. The Kier molecular flexibility index (Phi) is 5.13. The molecule has 0 saturated heterocycles. The van der Waals surface area contributed by atoms with Crippen LogP contribution in [0.15, 0.2) is 95.5 Å². The Bertz CT molecular complexity index is 1140. The highest BCUT2D eigenvalue weighted by Crippen LogP contribution is 2.36. The van der Waals surface area contributed by atoms with Crippen molar-refractivity contribution in [3.8, 4) is 5.75 Å². The zero-order chi connectivity index (χ0) is 19.5. The molecule has 4 aromatic rings. The van der Waals surface area contributed by atoms with Gasteiger partial charge in [-0.1, -0.05) is 72.8 Å².